The van der Waals surface area contributed by atoms with Crippen molar-refractivity contribution in [2.45, 2.75) is 46.1 Å². The molecule has 3 rings (SSSR count). The smallest absolute Gasteiger partial charge is 0.338 e. The molecule has 3 aromatic rings. The maximum atomic E-state index is 13.2. The van der Waals surface area contributed by atoms with Crippen molar-refractivity contribution in [3.63, 3.8) is 0 Å². The van der Waals surface area contributed by atoms with Crippen LogP contribution < -0.4 is 14.9 Å². The lowest BCUT2D eigenvalue weighted by atomic mass is 10.0. The highest BCUT2D eigenvalue weighted by Gasteiger charge is 2.21. The number of anilines is 1. The van der Waals surface area contributed by atoms with Gasteiger partial charge in [-0.15, -0.1) is 0 Å². The quantitative estimate of drug-likeness (QED) is 0.144. The first-order chi connectivity index (χ1) is 18.5. The van der Waals surface area contributed by atoms with E-state index in [1.165, 1.54) is 0 Å². The Kier molecular flexibility index (Phi) is 11.9. The standard InChI is InChI=1S/C30H38ClN3O4/c1-4-7-17-37-28-21-25(30(36)38-18-16-34(5-2)6-3)14-15-26(28)32-29(35)27(33-31)20-22-12-13-23-10-8-9-11-24(23)19-22/h8-15,19,21,27,33H,4-7,16-18,20H2,1-3H3,(H,32,35)/t27-/m1/s1. The molecule has 0 aliphatic rings. The Morgan fingerprint density at radius 2 is 1.71 bits per heavy atom. The molecule has 0 aliphatic carbocycles. The van der Waals surface area contributed by atoms with Gasteiger partial charge in [0, 0.05) is 6.54 Å². The third-order valence-corrected chi connectivity index (χ3v) is 6.73. The maximum absolute atomic E-state index is 13.2. The molecule has 2 N–H and O–H groups in total. The van der Waals surface area contributed by atoms with Crippen LogP contribution in [0.5, 0.6) is 5.75 Å². The van der Waals surface area contributed by atoms with Crippen LogP contribution in [-0.4, -0.2) is 55.7 Å². The number of carbonyl (C=O) groups is 2. The van der Waals surface area contributed by atoms with Crippen LogP contribution in [0.1, 0.15) is 49.5 Å². The van der Waals surface area contributed by atoms with Crippen LogP contribution in [0, 0.1) is 0 Å². The molecule has 0 aromatic heterocycles. The van der Waals surface area contributed by atoms with Gasteiger partial charge in [-0.3, -0.25) is 4.79 Å². The van der Waals surface area contributed by atoms with E-state index in [1.54, 1.807) is 18.2 Å². The number of carbonyl (C=O) groups excluding carboxylic acids is 2. The molecule has 0 saturated heterocycles. The van der Waals surface area contributed by atoms with E-state index in [2.05, 4.69) is 41.9 Å². The molecule has 0 bridgehead atoms. The zero-order valence-electron chi connectivity index (χ0n) is 22.5. The predicted octanol–water partition coefficient (Wildman–Crippen LogP) is 5.81. The second kappa shape index (κ2) is 15.3. The number of amides is 1. The minimum atomic E-state index is -0.675. The van der Waals surface area contributed by atoms with E-state index in [0.29, 0.717) is 43.2 Å². The minimum Gasteiger partial charge on any atom is -0.491 e. The summed E-state index contributed by atoms with van der Waals surface area (Å²) in [4.78, 5) is 30.6. The summed E-state index contributed by atoms with van der Waals surface area (Å²) >= 11 is 5.99. The summed E-state index contributed by atoms with van der Waals surface area (Å²) < 4.78 is 11.4. The number of unbranched alkanes of at least 4 members (excludes halogenated alkanes) is 1. The number of likely N-dealkylation sites (N-methyl/N-ethyl adjacent to an activating group) is 1. The second-order valence-corrected chi connectivity index (χ2v) is 9.33. The lowest BCUT2D eigenvalue weighted by Crippen LogP contribution is -2.37. The topological polar surface area (TPSA) is 79.9 Å². The van der Waals surface area contributed by atoms with Crippen molar-refractivity contribution >= 4 is 40.1 Å². The number of ether oxygens (including phenoxy) is 2. The molecule has 0 aliphatic heterocycles. The van der Waals surface area contributed by atoms with Gasteiger partial charge in [-0.25, -0.2) is 9.63 Å². The molecule has 0 radical (unpaired) electrons. The molecule has 0 spiro atoms. The average Bonchev–Trinajstić information content (AvgIpc) is 2.94. The van der Waals surface area contributed by atoms with Gasteiger partial charge in [-0.1, -0.05) is 69.7 Å². The van der Waals surface area contributed by atoms with Crippen molar-refractivity contribution in [2.24, 2.45) is 0 Å². The number of benzene rings is 3. The van der Waals surface area contributed by atoms with Gasteiger partial charge >= 0.3 is 5.97 Å². The number of esters is 1. The molecule has 1 amide bonds. The van der Waals surface area contributed by atoms with Crippen LogP contribution in [0.25, 0.3) is 10.8 Å². The summed E-state index contributed by atoms with van der Waals surface area (Å²) in [6.45, 7) is 9.47. The Hall–Kier alpha value is -3.13. The fraction of sp³-hybridized carbons (Fsp3) is 0.400. The molecule has 7 nitrogen and oxygen atoms in total. The van der Waals surface area contributed by atoms with Gasteiger partial charge in [-0.2, -0.15) is 0 Å². The SMILES string of the molecule is CCCCOc1cc(C(=O)OCCN(CC)CC)ccc1NC(=O)[C@@H](Cc1ccc2ccccc2c1)NCl. The van der Waals surface area contributed by atoms with E-state index in [1.807, 2.05) is 36.4 Å². The second-order valence-electron chi connectivity index (χ2n) is 9.11. The molecule has 1 atom stereocenters. The van der Waals surface area contributed by atoms with E-state index >= 15 is 0 Å². The lowest BCUT2D eigenvalue weighted by molar-refractivity contribution is -0.117. The summed E-state index contributed by atoms with van der Waals surface area (Å²) in [7, 11) is 0. The molecule has 204 valence electrons. The minimum absolute atomic E-state index is 0.303. The van der Waals surface area contributed by atoms with Crippen molar-refractivity contribution in [2.75, 3.05) is 38.2 Å². The van der Waals surface area contributed by atoms with Crippen LogP contribution in [0.2, 0.25) is 0 Å². The van der Waals surface area contributed by atoms with Gasteiger partial charge in [0.25, 0.3) is 0 Å². The van der Waals surface area contributed by atoms with E-state index in [0.717, 1.165) is 42.3 Å². The molecule has 0 unspecified atom stereocenters. The van der Waals surface area contributed by atoms with Gasteiger partial charge < -0.3 is 19.7 Å². The summed E-state index contributed by atoms with van der Waals surface area (Å²) in [6.07, 6.45) is 2.21. The molecule has 0 heterocycles. The number of hydrogen-bond donors (Lipinski definition) is 2. The summed E-state index contributed by atoms with van der Waals surface area (Å²) in [6, 6.07) is 18.4. The number of nitrogens with zero attached hydrogens (tertiary/aromatic N) is 1. The van der Waals surface area contributed by atoms with Gasteiger partial charge in [0.05, 0.1) is 17.9 Å². The molecular weight excluding hydrogens is 502 g/mol. The number of nitrogens with one attached hydrogen (secondary N) is 2. The van der Waals surface area contributed by atoms with E-state index < -0.39 is 12.0 Å². The Labute approximate surface area is 230 Å². The Morgan fingerprint density at radius 1 is 0.947 bits per heavy atom. The zero-order chi connectivity index (χ0) is 27.3. The van der Waals surface area contributed by atoms with Gasteiger partial charge in [0.1, 0.15) is 18.4 Å². The first-order valence-corrected chi connectivity index (χ1v) is 13.7. The van der Waals surface area contributed by atoms with E-state index in [-0.39, 0.29) is 5.91 Å². The Bertz CT molecular complexity index is 1200. The highest BCUT2D eigenvalue weighted by Crippen LogP contribution is 2.27. The van der Waals surface area contributed by atoms with Crippen molar-refractivity contribution in [3.05, 3.63) is 71.8 Å². The van der Waals surface area contributed by atoms with Crippen molar-refractivity contribution in [1.82, 2.24) is 9.74 Å². The first-order valence-electron chi connectivity index (χ1n) is 13.3. The van der Waals surface area contributed by atoms with Crippen LogP contribution in [-0.2, 0) is 16.0 Å². The number of rotatable bonds is 15. The third kappa shape index (κ3) is 8.45. The predicted molar refractivity (Wildman–Crippen MR) is 154 cm³/mol. The largest absolute Gasteiger partial charge is 0.491 e. The molecule has 8 heteroatoms. The fourth-order valence-corrected chi connectivity index (χ4v) is 4.27. The van der Waals surface area contributed by atoms with Crippen LogP contribution >= 0.6 is 11.8 Å². The number of halogens is 1. The van der Waals surface area contributed by atoms with Crippen molar-refractivity contribution in [1.29, 1.82) is 0 Å². The third-order valence-electron chi connectivity index (χ3n) is 6.47. The van der Waals surface area contributed by atoms with Crippen LogP contribution in [0.15, 0.2) is 60.7 Å². The summed E-state index contributed by atoms with van der Waals surface area (Å²) in [5, 5.41) is 5.15. The van der Waals surface area contributed by atoms with E-state index in [9.17, 15) is 9.59 Å². The average molecular weight is 540 g/mol. The highest BCUT2D eigenvalue weighted by molar-refractivity contribution is 6.15. The fourth-order valence-electron chi connectivity index (χ4n) is 4.09. The van der Waals surface area contributed by atoms with E-state index in [4.69, 9.17) is 21.3 Å². The zero-order valence-corrected chi connectivity index (χ0v) is 23.2. The molecule has 0 fully saturated rings. The summed E-state index contributed by atoms with van der Waals surface area (Å²) in [5.74, 6) is -0.306. The highest BCUT2D eigenvalue weighted by atomic mass is 35.5. The van der Waals surface area contributed by atoms with Crippen molar-refractivity contribution < 1.29 is 19.1 Å². The van der Waals surface area contributed by atoms with Gasteiger partial charge in [0.15, 0.2) is 0 Å². The van der Waals surface area contributed by atoms with Gasteiger partial charge in [-0.05, 0) is 72.2 Å². The molecule has 38 heavy (non-hydrogen) atoms. The lowest BCUT2D eigenvalue weighted by Gasteiger charge is -2.19. The molecule has 3 aromatic carbocycles. The maximum Gasteiger partial charge on any atom is 0.338 e. The van der Waals surface area contributed by atoms with Crippen LogP contribution in [0.4, 0.5) is 5.69 Å². The first kappa shape index (κ1) is 29.4. The monoisotopic (exact) mass is 539 g/mol. The Balaban J connectivity index is 1.71. The normalized spacial score (nSPS) is 11.9. The molecular formula is C30H38ClN3O4. The summed E-state index contributed by atoms with van der Waals surface area (Å²) in [5.41, 5.74) is 1.83. The van der Waals surface area contributed by atoms with Gasteiger partial charge in [0.2, 0.25) is 5.91 Å². The van der Waals surface area contributed by atoms with Crippen LogP contribution in [0.3, 0.4) is 0 Å². The number of fused-ring (bicyclic) bond motifs is 1. The Morgan fingerprint density at radius 3 is 2.42 bits per heavy atom. The van der Waals surface area contributed by atoms with Crippen molar-refractivity contribution in [3.8, 4) is 5.75 Å². The number of hydrogen-bond acceptors (Lipinski definition) is 6. The molecule has 0 saturated carbocycles.